The van der Waals surface area contributed by atoms with Crippen LogP contribution in [-0.4, -0.2) is 14.7 Å². The maximum absolute atomic E-state index is 10.6. The van der Waals surface area contributed by atoms with Crippen LogP contribution in [0.1, 0.15) is 32.3 Å². The van der Waals surface area contributed by atoms with Crippen LogP contribution in [0.2, 0.25) is 0 Å². The van der Waals surface area contributed by atoms with E-state index in [9.17, 15) is 5.11 Å². The Kier molecular flexibility index (Phi) is 3.22. The molecule has 4 heteroatoms. The van der Waals surface area contributed by atoms with Crippen molar-refractivity contribution in [1.82, 2.24) is 9.55 Å². The van der Waals surface area contributed by atoms with E-state index in [2.05, 4.69) is 19.9 Å². The largest absolute Gasteiger partial charge is 0.494 e. The summed E-state index contributed by atoms with van der Waals surface area (Å²) in [7, 11) is 0. The molecule has 120 valence electrons. The Balaban J connectivity index is 1.94. The highest BCUT2D eigenvalue weighted by atomic mass is 16.3. The van der Waals surface area contributed by atoms with Gasteiger partial charge in [-0.3, -0.25) is 0 Å². The van der Waals surface area contributed by atoms with Gasteiger partial charge in [0.1, 0.15) is 0 Å². The lowest BCUT2D eigenvalue weighted by molar-refractivity contribution is 0.415. The molecule has 0 amide bonds. The van der Waals surface area contributed by atoms with Crippen LogP contribution in [0.3, 0.4) is 0 Å². The molecule has 3 N–H and O–H groups in total. The van der Waals surface area contributed by atoms with E-state index in [0.717, 1.165) is 29.4 Å². The van der Waals surface area contributed by atoms with Gasteiger partial charge in [0, 0.05) is 18.1 Å². The maximum Gasteiger partial charge on any atom is 0.202 e. The minimum Gasteiger partial charge on any atom is -0.494 e. The van der Waals surface area contributed by atoms with Crippen molar-refractivity contribution in [2.45, 2.75) is 39.7 Å². The number of hydrogen-bond donors (Lipinski definition) is 2. The minimum atomic E-state index is 0.257. The van der Waals surface area contributed by atoms with Crippen LogP contribution in [-0.2, 0) is 13.0 Å². The Morgan fingerprint density at radius 3 is 2.83 bits per heavy atom. The Morgan fingerprint density at radius 2 is 2.13 bits per heavy atom. The molecule has 4 nitrogen and oxygen atoms in total. The molecule has 1 fully saturated rings. The normalized spacial score (nSPS) is 15.1. The third kappa shape index (κ3) is 2.42. The number of benzene rings is 1. The van der Waals surface area contributed by atoms with Gasteiger partial charge in [0.05, 0.1) is 22.1 Å². The van der Waals surface area contributed by atoms with Crippen LogP contribution in [0.25, 0.3) is 21.8 Å². The summed E-state index contributed by atoms with van der Waals surface area (Å²) in [4.78, 5) is 4.84. The van der Waals surface area contributed by atoms with E-state index in [0.29, 0.717) is 22.9 Å². The molecule has 1 aromatic carbocycles. The van der Waals surface area contributed by atoms with Gasteiger partial charge in [0.15, 0.2) is 0 Å². The van der Waals surface area contributed by atoms with Crippen molar-refractivity contribution in [1.29, 1.82) is 0 Å². The Labute approximate surface area is 135 Å². The van der Waals surface area contributed by atoms with Crippen molar-refractivity contribution in [3.8, 4) is 5.88 Å². The number of anilines is 1. The quantitative estimate of drug-likeness (QED) is 0.763. The third-order valence-corrected chi connectivity index (χ3v) is 4.72. The number of aromatic hydroxyl groups is 1. The van der Waals surface area contributed by atoms with Crippen LogP contribution in [0, 0.1) is 11.8 Å². The SMILES string of the molecule is CC(C)Cc1cccc2c(N)c3c(O)n(CC4CC4)cc3nc12. The molecule has 0 unspecified atom stereocenters. The molecule has 4 rings (SSSR count). The van der Waals surface area contributed by atoms with Crippen molar-refractivity contribution >= 4 is 27.5 Å². The number of nitrogens with zero attached hydrogens (tertiary/aromatic N) is 2. The Morgan fingerprint density at radius 1 is 1.35 bits per heavy atom. The lowest BCUT2D eigenvalue weighted by Gasteiger charge is -2.10. The van der Waals surface area contributed by atoms with Gasteiger partial charge in [0.25, 0.3) is 0 Å². The van der Waals surface area contributed by atoms with E-state index in [-0.39, 0.29) is 5.88 Å². The zero-order valence-electron chi connectivity index (χ0n) is 13.7. The van der Waals surface area contributed by atoms with E-state index >= 15 is 0 Å². The molecule has 0 atom stereocenters. The molecule has 1 aliphatic rings. The molecular weight excluding hydrogens is 286 g/mol. The zero-order chi connectivity index (χ0) is 16.1. The van der Waals surface area contributed by atoms with E-state index in [1.807, 2.05) is 22.9 Å². The predicted molar refractivity (Wildman–Crippen MR) is 94.6 cm³/mol. The summed E-state index contributed by atoms with van der Waals surface area (Å²) in [6, 6.07) is 6.16. The van der Waals surface area contributed by atoms with Gasteiger partial charge in [-0.05, 0) is 36.7 Å². The van der Waals surface area contributed by atoms with Crippen molar-refractivity contribution in [3.05, 3.63) is 30.0 Å². The van der Waals surface area contributed by atoms with Crippen LogP contribution < -0.4 is 5.73 Å². The highest BCUT2D eigenvalue weighted by Crippen LogP contribution is 2.39. The lowest BCUT2D eigenvalue weighted by Crippen LogP contribution is -1.98. The molecule has 2 aromatic heterocycles. The van der Waals surface area contributed by atoms with Crippen molar-refractivity contribution in [2.75, 3.05) is 5.73 Å². The molecular formula is C19H23N3O. The number of nitrogen functional groups attached to an aromatic ring is 1. The first-order valence-electron chi connectivity index (χ1n) is 8.43. The van der Waals surface area contributed by atoms with E-state index < -0.39 is 0 Å². The molecule has 0 radical (unpaired) electrons. The summed E-state index contributed by atoms with van der Waals surface area (Å²) < 4.78 is 1.91. The second-order valence-corrected chi connectivity index (χ2v) is 7.25. The molecule has 0 aliphatic heterocycles. The van der Waals surface area contributed by atoms with Crippen LogP contribution in [0.4, 0.5) is 5.69 Å². The van der Waals surface area contributed by atoms with Gasteiger partial charge >= 0.3 is 0 Å². The molecule has 1 saturated carbocycles. The maximum atomic E-state index is 10.6. The number of pyridine rings is 1. The predicted octanol–water partition coefficient (Wildman–Crippen LogP) is 4.09. The average molecular weight is 309 g/mol. The average Bonchev–Trinajstić information content (AvgIpc) is 3.25. The van der Waals surface area contributed by atoms with Crippen LogP contribution >= 0.6 is 0 Å². The van der Waals surface area contributed by atoms with Crippen LogP contribution in [0.15, 0.2) is 24.4 Å². The third-order valence-electron chi connectivity index (χ3n) is 4.72. The summed E-state index contributed by atoms with van der Waals surface area (Å²) in [6.45, 7) is 5.27. The molecule has 0 spiro atoms. The summed E-state index contributed by atoms with van der Waals surface area (Å²) in [5.41, 5.74) is 10.0. The molecule has 3 aromatic rings. The molecule has 0 saturated heterocycles. The van der Waals surface area contributed by atoms with E-state index in [1.54, 1.807) is 0 Å². The number of hydrogen-bond acceptors (Lipinski definition) is 3. The fraction of sp³-hybridized carbons (Fsp3) is 0.421. The van der Waals surface area contributed by atoms with Gasteiger partial charge in [0.2, 0.25) is 5.88 Å². The zero-order valence-corrected chi connectivity index (χ0v) is 13.7. The Bertz CT molecular complexity index is 891. The van der Waals surface area contributed by atoms with Crippen LogP contribution in [0.5, 0.6) is 5.88 Å². The van der Waals surface area contributed by atoms with Gasteiger partial charge in [-0.1, -0.05) is 32.0 Å². The lowest BCUT2D eigenvalue weighted by atomic mass is 9.99. The van der Waals surface area contributed by atoms with Crippen molar-refractivity contribution in [2.24, 2.45) is 11.8 Å². The molecule has 1 aliphatic carbocycles. The monoisotopic (exact) mass is 309 g/mol. The second-order valence-electron chi connectivity index (χ2n) is 7.25. The highest BCUT2D eigenvalue weighted by molar-refractivity contribution is 6.09. The highest BCUT2D eigenvalue weighted by Gasteiger charge is 2.24. The molecule has 23 heavy (non-hydrogen) atoms. The van der Waals surface area contributed by atoms with Gasteiger partial charge in [-0.15, -0.1) is 0 Å². The van der Waals surface area contributed by atoms with Crippen molar-refractivity contribution in [3.63, 3.8) is 0 Å². The first kappa shape index (κ1) is 14.4. The number of rotatable bonds is 4. The number of para-hydroxylation sites is 1. The summed E-state index contributed by atoms with van der Waals surface area (Å²) in [6.07, 6.45) is 5.42. The topological polar surface area (TPSA) is 64.1 Å². The van der Waals surface area contributed by atoms with Crippen molar-refractivity contribution < 1.29 is 5.11 Å². The number of fused-ring (bicyclic) bond motifs is 2. The standard InChI is InChI=1S/C19H23N3O/c1-11(2)8-13-4-3-5-14-17(20)16-15(21-18(13)14)10-22(19(16)23)9-12-6-7-12/h3-5,10-12,23H,6-9,20H2,1-2H3. The van der Waals surface area contributed by atoms with Gasteiger partial charge < -0.3 is 15.4 Å². The summed E-state index contributed by atoms with van der Waals surface area (Å²) >= 11 is 0. The molecule has 2 heterocycles. The van der Waals surface area contributed by atoms with Gasteiger partial charge in [-0.25, -0.2) is 4.98 Å². The number of nitrogens with two attached hydrogens (primary N) is 1. The van der Waals surface area contributed by atoms with Gasteiger partial charge in [-0.2, -0.15) is 0 Å². The second kappa shape index (κ2) is 5.15. The fourth-order valence-electron chi connectivity index (χ4n) is 3.39. The first-order valence-corrected chi connectivity index (χ1v) is 8.43. The fourth-order valence-corrected chi connectivity index (χ4v) is 3.39. The minimum absolute atomic E-state index is 0.257. The number of aromatic nitrogens is 2. The summed E-state index contributed by atoms with van der Waals surface area (Å²) in [5.74, 6) is 1.51. The van der Waals surface area contributed by atoms with E-state index in [1.165, 1.54) is 18.4 Å². The Hall–Kier alpha value is -2.23. The molecule has 0 bridgehead atoms. The first-order chi connectivity index (χ1) is 11.0. The summed E-state index contributed by atoms with van der Waals surface area (Å²) in [5, 5.41) is 12.2. The van der Waals surface area contributed by atoms with E-state index in [4.69, 9.17) is 10.7 Å². The smallest absolute Gasteiger partial charge is 0.202 e.